The first kappa shape index (κ1) is 12.2. The van der Waals surface area contributed by atoms with E-state index in [4.69, 9.17) is 0 Å². The Balaban J connectivity index is 2.19. The molecule has 90 valence electrons. The Kier molecular flexibility index (Phi) is 3.52. The number of nitrogens with zero attached hydrogens (tertiary/aromatic N) is 1. The smallest absolute Gasteiger partial charge is 0.268 e. The predicted molar refractivity (Wildman–Crippen MR) is 68.9 cm³/mol. The maximum Gasteiger partial charge on any atom is 0.271 e. The van der Waals surface area contributed by atoms with Crippen molar-refractivity contribution in [1.29, 1.82) is 0 Å². The summed E-state index contributed by atoms with van der Waals surface area (Å²) in [7, 11) is 0. The first-order valence-electron chi connectivity index (χ1n) is 5.79. The summed E-state index contributed by atoms with van der Waals surface area (Å²) in [5.74, 6) is -0.364. The molecule has 3 nitrogen and oxygen atoms in total. The van der Waals surface area contributed by atoms with Gasteiger partial charge in [0.15, 0.2) is 0 Å². The fourth-order valence-corrected chi connectivity index (χ4v) is 2.99. The number of amides is 2. The highest BCUT2D eigenvalue weighted by atomic mass is 32.2. The minimum absolute atomic E-state index is 0.182. The predicted octanol–water partition coefficient (Wildman–Crippen LogP) is 3.12. The zero-order chi connectivity index (χ0) is 12.4. The number of carbonyl (C=O) groups is 2. The number of benzene rings is 1. The summed E-state index contributed by atoms with van der Waals surface area (Å²) in [5.41, 5.74) is 1.04. The highest BCUT2D eigenvalue weighted by molar-refractivity contribution is 7.98. The number of rotatable bonds is 4. The van der Waals surface area contributed by atoms with Crippen LogP contribution in [0.15, 0.2) is 24.3 Å². The van der Waals surface area contributed by atoms with Crippen molar-refractivity contribution in [2.45, 2.75) is 31.9 Å². The fourth-order valence-electron chi connectivity index (χ4n) is 1.90. The van der Waals surface area contributed by atoms with Crippen LogP contribution in [-0.4, -0.2) is 21.4 Å². The van der Waals surface area contributed by atoms with Crippen LogP contribution in [0.1, 0.15) is 47.4 Å². The molecule has 1 aliphatic heterocycles. The van der Waals surface area contributed by atoms with Crippen LogP contribution >= 0.6 is 11.9 Å². The number of hydrogen-bond donors (Lipinski definition) is 0. The molecule has 0 saturated heterocycles. The van der Waals surface area contributed by atoms with E-state index in [1.54, 1.807) is 24.3 Å². The maximum absolute atomic E-state index is 12.0. The monoisotopic (exact) mass is 249 g/mol. The summed E-state index contributed by atoms with van der Waals surface area (Å²) in [6, 6.07) is 6.99. The van der Waals surface area contributed by atoms with Gasteiger partial charge in [-0.2, -0.15) is 0 Å². The van der Waals surface area contributed by atoms with Gasteiger partial charge in [-0.3, -0.25) is 9.59 Å². The van der Waals surface area contributed by atoms with Gasteiger partial charge in [0.1, 0.15) is 0 Å². The lowest BCUT2D eigenvalue weighted by atomic mass is 10.1. The van der Waals surface area contributed by atoms with Crippen molar-refractivity contribution in [1.82, 2.24) is 4.31 Å². The summed E-state index contributed by atoms with van der Waals surface area (Å²) in [5, 5.41) is 0.280. The molecule has 4 heteroatoms. The van der Waals surface area contributed by atoms with Crippen molar-refractivity contribution >= 4 is 23.8 Å². The van der Waals surface area contributed by atoms with E-state index in [2.05, 4.69) is 6.92 Å². The van der Waals surface area contributed by atoms with Gasteiger partial charge >= 0.3 is 0 Å². The second kappa shape index (κ2) is 4.92. The van der Waals surface area contributed by atoms with Crippen LogP contribution < -0.4 is 0 Å². The summed E-state index contributed by atoms with van der Waals surface area (Å²) in [4.78, 5) is 24.1. The van der Waals surface area contributed by atoms with Crippen LogP contribution in [0.25, 0.3) is 0 Å². The van der Waals surface area contributed by atoms with Gasteiger partial charge in [-0.15, -0.1) is 0 Å². The van der Waals surface area contributed by atoms with Crippen molar-refractivity contribution in [3.8, 4) is 0 Å². The van der Waals surface area contributed by atoms with Crippen LogP contribution in [0.4, 0.5) is 0 Å². The topological polar surface area (TPSA) is 37.4 Å². The van der Waals surface area contributed by atoms with E-state index in [9.17, 15) is 9.59 Å². The van der Waals surface area contributed by atoms with Gasteiger partial charge in [0.05, 0.1) is 11.1 Å². The Labute approximate surface area is 105 Å². The lowest BCUT2D eigenvalue weighted by molar-refractivity contribution is 0.0776. The average Bonchev–Trinajstić information content (AvgIpc) is 2.56. The molecule has 0 radical (unpaired) electrons. The van der Waals surface area contributed by atoms with Crippen LogP contribution in [0.3, 0.4) is 0 Å². The largest absolute Gasteiger partial charge is 0.271 e. The molecule has 1 heterocycles. The number of hydrogen-bond acceptors (Lipinski definition) is 3. The number of fused-ring (bicyclic) bond motifs is 1. The molecule has 0 aliphatic carbocycles. The molecule has 0 spiro atoms. The molecule has 1 aliphatic rings. The van der Waals surface area contributed by atoms with Crippen molar-refractivity contribution in [3.05, 3.63) is 35.4 Å². The molecule has 0 aromatic heterocycles. The van der Waals surface area contributed by atoms with Gasteiger partial charge in [0, 0.05) is 5.25 Å². The van der Waals surface area contributed by atoms with E-state index >= 15 is 0 Å². The minimum atomic E-state index is -0.182. The Morgan fingerprint density at radius 3 is 2.18 bits per heavy atom. The molecular formula is C13H15NO2S. The molecule has 2 rings (SSSR count). The van der Waals surface area contributed by atoms with Crippen LogP contribution in [0.2, 0.25) is 0 Å². The number of imide groups is 1. The molecule has 0 bridgehead atoms. The highest BCUT2D eigenvalue weighted by Gasteiger charge is 2.36. The van der Waals surface area contributed by atoms with Gasteiger partial charge in [-0.05, 0) is 30.5 Å². The van der Waals surface area contributed by atoms with E-state index in [1.165, 1.54) is 16.3 Å². The minimum Gasteiger partial charge on any atom is -0.268 e. The maximum atomic E-state index is 12.0. The lowest BCUT2D eigenvalue weighted by Gasteiger charge is -2.17. The molecule has 1 unspecified atom stereocenters. The summed E-state index contributed by atoms with van der Waals surface area (Å²) in [6.45, 7) is 4.14. The summed E-state index contributed by atoms with van der Waals surface area (Å²) < 4.78 is 1.30. The molecule has 0 saturated carbocycles. The SMILES string of the molecule is CCCC(C)SN1C(=O)c2ccccc2C1=O. The van der Waals surface area contributed by atoms with Gasteiger partial charge in [-0.1, -0.05) is 32.4 Å². The van der Waals surface area contributed by atoms with Gasteiger partial charge in [0.25, 0.3) is 11.8 Å². The Morgan fingerprint density at radius 2 is 1.71 bits per heavy atom. The average molecular weight is 249 g/mol. The first-order chi connectivity index (χ1) is 8.15. The Morgan fingerprint density at radius 1 is 1.18 bits per heavy atom. The third-order valence-electron chi connectivity index (χ3n) is 2.74. The van der Waals surface area contributed by atoms with Crippen molar-refractivity contribution < 1.29 is 9.59 Å². The summed E-state index contributed by atoms with van der Waals surface area (Å²) in [6.07, 6.45) is 2.05. The van der Waals surface area contributed by atoms with Crippen LogP contribution in [-0.2, 0) is 0 Å². The van der Waals surface area contributed by atoms with E-state index < -0.39 is 0 Å². The van der Waals surface area contributed by atoms with Crippen molar-refractivity contribution in [2.24, 2.45) is 0 Å². The number of carbonyl (C=O) groups excluding carboxylic acids is 2. The zero-order valence-corrected chi connectivity index (χ0v) is 10.8. The van der Waals surface area contributed by atoms with E-state index in [0.29, 0.717) is 11.1 Å². The highest BCUT2D eigenvalue weighted by Crippen LogP contribution is 2.31. The third-order valence-corrected chi connectivity index (χ3v) is 3.88. The van der Waals surface area contributed by atoms with Gasteiger partial charge in [0.2, 0.25) is 0 Å². The molecule has 1 aromatic rings. The zero-order valence-electron chi connectivity index (χ0n) is 9.97. The van der Waals surface area contributed by atoms with Crippen molar-refractivity contribution in [2.75, 3.05) is 0 Å². The molecule has 0 N–H and O–H groups in total. The normalized spacial score (nSPS) is 16.2. The van der Waals surface area contributed by atoms with Gasteiger partial charge < -0.3 is 0 Å². The van der Waals surface area contributed by atoms with Crippen molar-refractivity contribution in [3.63, 3.8) is 0 Å². The molecule has 0 fully saturated rings. The van der Waals surface area contributed by atoms with E-state index in [1.807, 2.05) is 6.92 Å². The second-order valence-corrected chi connectivity index (χ2v) is 5.54. The van der Waals surface area contributed by atoms with E-state index in [-0.39, 0.29) is 17.1 Å². The molecule has 1 aromatic carbocycles. The van der Waals surface area contributed by atoms with E-state index in [0.717, 1.165) is 12.8 Å². The lowest BCUT2D eigenvalue weighted by Crippen LogP contribution is -2.24. The first-order valence-corrected chi connectivity index (χ1v) is 6.63. The standard InChI is InChI=1S/C13H15NO2S/c1-3-6-9(2)17-14-12(15)10-7-4-5-8-11(10)13(14)16/h4-5,7-9H,3,6H2,1-2H3. The molecular weight excluding hydrogens is 234 g/mol. The second-order valence-electron chi connectivity index (χ2n) is 4.15. The van der Waals surface area contributed by atoms with Crippen LogP contribution in [0.5, 0.6) is 0 Å². The van der Waals surface area contributed by atoms with Crippen LogP contribution in [0, 0.1) is 0 Å². The third kappa shape index (κ3) is 2.22. The Hall–Kier alpha value is -1.29. The Bertz CT molecular complexity index is 423. The quantitative estimate of drug-likeness (QED) is 0.607. The van der Waals surface area contributed by atoms with Gasteiger partial charge in [-0.25, -0.2) is 4.31 Å². The molecule has 17 heavy (non-hydrogen) atoms. The summed E-state index contributed by atoms with van der Waals surface area (Å²) >= 11 is 1.34. The molecule has 1 atom stereocenters. The molecule has 2 amide bonds. The fraction of sp³-hybridized carbons (Fsp3) is 0.385.